The first-order chi connectivity index (χ1) is 13.8. The van der Waals surface area contributed by atoms with Gasteiger partial charge in [0.05, 0.1) is 11.4 Å². The molecule has 29 heavy (non-hydrogen) atoms. The number of carbonyl (C=O) groups excluding carboxylic acids is 2. The van der Waals surface area contributed by atoms with E-state index in [9.17, 15) is 18.0 Å². The van der Waals surface area contributed by atoms with E-state index < -0.39 is 15.9 Å². The van der Waals surface area contributed by atoms with Crippen molar-refractivity contribution >= 4 is 37.8 Å². The molecule has 2 amide bonds. The molecule has 2 aromatic carbocycles. The first-order valence-corrected chi connectivity index (χ1v) is 11.4. The highest BCUT2D eigenvalue weighted by molar-refractivity contribution is 9.10. The number of carbonyl (C=O) groups is 2. The van der Waals surface area contributed by atoms with Crippen LogP contribution in [0.2, 0.25) is 0 Å². The minimum absolute atomic E-state index is 0.0556. The summed E-state index contributed by atoms with van der Waals surface area (Å²) in [6.07, 6.45) is -0.0617. The van der Waals surface area contributed by atoms with Crippen molar-refractivity contribution in [2.24, 2.45) is 0 Å². The molecule has 0 aliphatic heterocycles. The Morgan fingerprint density at radius 1 is 1.03 bits per heavy atom. The Kier molecular flexibility index (Phi) is 8.81. The molecule has 2 aromatic rings. The SMILES string of the molecule is CCN(Cc1ccccc1)C(=O)CNC(=O)CCNS(=O)(=O)c1ccc(Br)cc1. The Labute approximate surface area is 179 Å². The molecule has 0 atom stereocenters. The zero-order valence-corrected chi connectivity index (χ0v) is 18.5. The molecule has 156 valence electrons. The maximum Gasteiger partial charge on any atom is 0.242 e. The highest BCUT2D eigenvalue weighted by Crippen LogP contribution is 2.14. The number of sulfonamides is 1. The van der Waals surface area contributed by atoms with Crippen LogP contribution in [0, 0.1) is 0 Å². The zero-order valence-electron chi connectivity index (χ0n) is 16.1. The average molecular weight is 482 g/mol. The van der Waals surface area contributed by atoms with E-state index in [1.807, 2.05) is 37.3 Å². The van der Waals surface area contributed by atoms with Crippen LogP contribution in [0.1, 0.15) is 18.9 Å². The lowest BCUT2D eigenvalue weighted by atomic mass is 10.2. The van der Waals surface area contributed by atoms with Crippen molar-refractivity contribution in [3.05, 3.63) is 64.6 Å². The Balaban J connectivity index is 1.75. The van der Waals surface area contributed by atoms with Gasteiger partial charge in [-0.15, -0.1) is 0 Å². The van der Waals surface area contributed by atoms with Gasteiger partial charge in [-0.25, -0.2) is 13.1 Å². The minimum Gasteiger partial charge on any atom is -0.347 e. The normalized spacial score (nSPS) is 11.1. The van der Waals surface area contributed by atoms with Crippen LogP contribution in [0.5, 0.6) is 0 Å². The molecule has 0 saturated carbocycles. The summed E-state index contributed by atoms with van der Waals surface area (Å²) in [5.74, 6) is -0.590. The topological polar surface area (TPSA) is 95.6 Å². The number of nitrogens with one attached hydrogen (secondary N) is 2. The second kappa shape index (κ2) is 11.1. The minimum atomic E-state index is -3.68. The van der Waals surface area contributed by atoms with Gasteiger partial charge in [0.2, 0.25) is 21.8 Å². The maximum atomic E-state index is 12.3. The van der Waals surface area contributed by atoms with E-state index in [0.717, 1.165) is 10.0 Å². The van der Waals surface area contributed by atoms with Crippen molar-refractivity contribution in [1.82, 2.24) is 14.9 Å². The Bertz CT molecular complexity index is 919. The first-order valence-electron chi connectivity index (χ1n) is 9.15. The van der Waals surface area contributed by atoms with Crippen LogP contribution in [0.3, 0.4) is 0 Å². The van der Waals surface area contributed by atoms with Crippen molar-refractivity contribution in [1.29, 1.82) is 0 Å². The molecular weight excluding hydrogens is 458 g/mol. The summed E-state index contributed by atoms with van der Waals surface area (Å²) < 4.78 is 27.5. The van der Waals surface area contributed by atoms with Crippen LogP contribution in [-0.2, 0) is 26.2 Å². The fourth-order valence-electron chi connectivity index (χ4n) is 2.55. The second-order valence-electron chi connectivity index (χ2n) is 6.27. The molecule has 0 heterocycles. The lowest BCUT2D eigenvalue weighted by Crippen LogP contribution is -2.40. The quantitative estimate of drug-likeness (QED) is 0.543. The molecule has 0 aliphatic rings. The maximum absolute atomic E-state index is 12.3. The highest BCUT2D eigenvalue weighted by atomic mass is 79.9. The van der Waals surface area contributed by atoms with E-state index in [0.29, 0.717) is 13.1 Å². The molecule has 0 spiro atoms. The van der Waals surface area contributed by atoms with E-state index in [1.165, 1.54) is 12.1 Å². The lowest BCUT2D eigenvalue weighted by Gasteiger charge is -2.21. The molecule has 0 saturated heterocycles. The summed E-state index contributed by atoms with van der Waals surface area (Å²) in [6.45, 7) is 2.69. The third-order valence-electron chi connectivity index (χ3n) is 4.16. The molecule has 7 nitrogen and oxygen atoms in total. The number of hydrogen-bond acceptors (Lipinski definition) is 4. The number of benzene rings is 2. The summed E-state index contributed by atoms with van der Waals surface area (Å²) in [6, 6.07) is 15.8. The van der Waals surface area contributed by atoms with Crippen LogP contribution in [0.25, 0.3) is 0 Å². The first kappa shape index (κ1) is 23.1. The van der Waals surface area contributed by atoms with Crippen LogP contribution in [0.15, 0.2) is 64.0 Å². The van der Waals surface area contributed by atoms with Crippen molar-refractivity contribution in [3.63, 3.8) is 0 Å². The molecular formula is C20H24BrN3O4S. The third kappa shape index (κ3) is 7.60. The van der Waals surface area contributed by atoms with E-state index in [4.69, 9.17) is 0 Å². The fourth-order valence-corrected chi connectivity index (χ4v) is 3.85. The number of hydrogen-bond donors (Lipinski definition) is 2. The van der Waals surface area contributed by atoms with Crippen LogP contribution < -0.4 is 10.0 Å². The van der Waals surface area contributed by atoms with Gasteiger partial charge in [-0.1, -0.05) is 46.3 Å². The second-order valence-corrected chi connectivity index (χ2v) is 8.95. The predicted molar refractivity (Wildman–Crippen MR) is 114 cm³/mol. The summed E-state index contributed by atoms with van der Waals surface area (Å²) >= 11 is 3.25. The van der Waals surface area contributed by atoms with Gasteiger partial charge < -0.3 is 10.2 Å². The van der Waals surface area contributed by atoms with Gasteiger partial charge in [0.25, 0.3) is 0 Å². The van der Waals surface area contributed by atoms with Crippen molar-refractivity contribution in [2.75, 3.05) is 19.6 Å². The van der Waals surface area contributed by atoms with Gasteiger partial charge in [-0.3, -0.25) is 9.59 Å². The van der Waals surface area contributed by atoms with Crippen LogP contribution >= 0.6 is 15.9 Å². The monoisotopic (exact) mass is 481 g/mol. The number of amides is 2. The standard InChI is InChI=1S/C20H24BrN3O4S/c1-2-24(15-16-6-4-3-5-7-16)20(26)14-22-19(25)12-13-23-29(27,28)18-10-8-17(21)9-11-18/h3-11,23H,2,12-15H2,1H3,(H,22,25). The molecule has 2 N–H and O–H groups in total. The van der Waals surface area contributed by atoms with Crippen LogP contribution in [0.4, 0.5) is 0 Å². The summed E-state index contributed by atoms with van der Waals surface area (Å²) in [5, 5.41) is 2.55. The predicted octanol–water partition coefficient (Wildman–Crippen LogP) is 2.28. The summed E-state index contributed by atoms with van der Waals surface area (Å²) in [5.41, 5.74) is 1.01. The number of likely N-dealkylation sites (N-methyl/N-ethyl adjacent to an activating group) is 1. The molecule has 0 bridgehead atoms. The van der Waals surface area contributed by atoms with Crippen molar-refractivity contribution in [2.45, 2.75) is 24.8 Å². The smallest absolute Gasteiger partial charge is 0.242 e. The van der Waals surface area contributed by atoms with Gasteiger partial charge in [0, 0.05) is 30.5 Å². The number of rotatable bonds is 10. The average Bonchev–Trinajstić information content (AvgIpc) is 2.71. The third-order valence-corrected chi connectivity index (χ3v) is 6.16. The lowest BCUT2D eigenvalue weighted by molar-refractivity contribution is -0.133. The fraction of sp³-hybridized carbons (Fsp3) is 0.300. The van der Waals surface area contributed by atoms with Gasteiger partial charge in [0.1, 0.15) is 0 Å². The summed E-state index contributed by atoms with van der Waals surface area (Å²) in [7, 11) is -3.68. The highest BCUT2D eigenvalue weighted by Gasteiger charge is 2.16. The number of halogens is 1. The van der Waals surface area contributed by atoms with Gasteiger partial charge >= 0.3 is 0 Å². The summed E-state index contributed by atoms with van der Waals surface area (Å²) in [4.78, 5) is 26.1. The van der Waals surface area contributed by atoms with Crippen molar-refractivity contribution < 1.29 is 18.0 Å². The Morgan fingerprint density at radius 2 is 1.69 bits per heavy atom. The molecule has 0 aromatic heterocycles. The van der Waals surface area contributed by atoms with Crippen molar-refractivity contribution in [3.8, 4) is 0 Å². The van der Waals surface area contributed by atoms with Gasteiger partial charge in [-0.05, 0) is 36.8 Å². The molecule has 0 fully saturated rings. The van der Waals surface area contributed by atoms with Gasteiger partial charge in [0.15, 0.2) is 0 Å². The van der Waals surface area contributed by atoms with E-state index >= 15 is 0 Å². The van der Waals surface area contributed by atoms with E-state index in [1.54, 1.807) is 17.0 Å². The molecule has 0 radical (unpaired) electrons. The Morgan fingerprint density at radius 3 is 2.31 bits per heavy atom. The zero-order chi connectivity index (χ0) is 21.3. The number of nitrogens with zero attached hydrogens (tertiary/aromatic N) is 1. The molecule has 0 aliphatic carbocycles. The van der Waals surface area contributed by atoms with E-state index in [-0.39, 0.29) is 30.3 Å². The van der Waals surface area contributed by atoms with Gasteiger partial charge in [-0.2, -0.15) is 0 Å². The van der Waals surface area contributed by atoms with E-state index in [2.05, 4.69) is 26.0 Å². The molecule has 2 rings (SSSR count). The Hall–Kier alpha value is -2.23. The molecule has 0 unspecified atom stereocenters. The largest absolute Gasteiger partial charge is 0.347 e. The van der Waals surface area contributed by atoms with Crippen LogP contribution in [-0.4, -0.2) is 44.8 Å². The molecule has 9 heteroatoms.